The van der Waals surface area contributed by atoms with Crippen LogP contribution in [0.4, 0.5) is 10.1 Å². The number of para-hydroxylation sites is 1. The lowest BCUT2D eigenvalue weighted by Gasteiger charge is -2.36. The average Bonchev–Trinajstić information content (AvgIpc) is 2.83. The van der Waals surface area contributed by atoms with E-state index in [0.717, 1.165) is 5.56 Å². The molecule has 0 unspecified atom stereocenters. The van der Waals surface area contributed by atoms with Crippen molar-refractivity contribution in [1.29, 1.82) is 0 Å². The van der Waals surface area contributed by atoms with Crippen molar-refractivity contribution in [3.63, 3.8) is 0 Å². The monoisotopic (exact) mass is 478 g/mol. The highest BCUT2D eigenvalue weighted by Crippen LogP contribution is 2.32. The van der Waals surface area contributed by atoms with Crippen molar-refractivity contribution in [3.05, 3.63) is 93.1 Å². The van der Waals surface area contributed by atoms with E-state index in [1.165, 1.54) is 6.07 Å². The van der Waals surface area contributed by atoms with Crippen LogP contribution in [0, 0.1) is 12.7 Å². The van der Waals surface area contributed by atoms with Crippen molar-refractivity contribution >= 4 is 28.3 Å². The molecule has 1 aromatic heterocycles. The fraction of sp³-hybridized carbons (Fsp3) is 0.222. The van der Waals surface area contributed by atoms with Crippen LogP contribution in [0.2, 0.25) is 5.02 Å². The maximum Gasteiger partial charge on any atom is 0.200 e. The molecule has 1 fully saturated rings. The third kappa shape index (κ3) is 4.15. The van der Waals surface area contributed by atoms with E-state index in [2.05, 4.69) is 4.90 Å². The summed E-state index contributed by atoms with van der Waals surface area (Å²) >= 11 is 6.00. The molecule has 4 aromatic rings. The van der Waals surface area contributed by atoms with Gasteiger partial charge in [-0.2, -0.15) is 0 Å². The van der Waals surface area contributed by atoms with Crippen LogP contribution < -0.4 is 10.3 Å². The van der Waals surface area contributed by atoms with Crippen LogP contribution in [-0.4, -0.2) is 36.2 Å². The van der Waals surface area contributed by atoms with Gasteiger partial charge < -0.3 is 14.4 Å². The van der Waals surface area contributed by atoms with Gasteiger partial charge in [-0.1, -0.05) is 35.9 Å². The molecule has 7 heteroatoms. The van der Waals surface area contributed by atoms with E-state index in [1.807, 2.05) is 11.0 Å². The van der Waals surface area contributed by atoms with E-state index >= 15 is 0 Å². The summed E-state index contributed by atoms with van der Waals surface area (Å²) in [6, 6.07) is 17.0. The third-order valence-corrected chi connectivity index (χ3v) is 6.65. The molecular weight excluding hydrogens is 455 g/mol. The fourth-order valence-electron chi connectivity index (χ4n) is 4.59. The van der Waals surface area contributed by atoms with Crippen molar-refractivity contribution in [1.82, 2.24) is 4.90 Å². The van der Waals surface area contributed by atoms with Gasteiger partial charge in [0, 0.05) is 37.7 Å². The molecule has 5 nitrogen and oxygen atoms in total. The van der Waals surface area contributed by atoms with E-state index in [-0.39, 0.29) is 17.0 Å². The van der Waals surface area contributed by atoms with Gasteiger partial charge in [0.2, 0.25) is 5.43 Å². The zero-order chi connectivity index (χ0) is 23.8. The number of phenols is 1. The van der Waals surface area contributed by atoms with Crippen LogP contribution in [-0.2, 0) is 6.54 Å². The van der Waals surface area contributed by atoms with Crippen LogP contribution in [0.15, 0.2) is 69.9 Å². The maximum atomic E-state index is 14.2. The van der Waals surface area contributed by atoms with Crippen molar-refractivity contribution in [2.75, 3.05) is 31.1 Å². The largest absolute Gasteiger partial charge is 0.507 e. The molecule has 5 rings (SSSR count). The fourth-order valence-corrected chi connectivity index (χ4v) is 4.72. The molecule has 1 aliphatic rings. The topological polar surface area (TPSA) is 56.9 Å². The highest BCUT2D eigenvalue weighted by molar-refractivity contribution is 6.30. The van der Waals surface area contributed by atoms with Gasteiger partial charge in [0.25, 0.3) is 0 Å². The van der Waals surface area contributed by atoms with Gasteiger partial charge >= 0.3 is 0 Å². The number of fused-ring (bicyclic) bond motifs is 1. The number of anilines is 1. The number of hydrogen-bond donors (Lipinski definition) is 1. The summed E-state index contributed by atoms with van der Waals surface area (Å²) in [5, 5.41) is 11.7. The quantitative estimate of drug-likeness (QED) is 0.414. The summed E-state index contributed by atoms with van der Waals surface area (Å²) < 4.78 is 20.3. The summed E-state index contributed by atoms with van der Waals surface area (Å²) in [4.78, 5) is 17.6. The predicted molar refractivity (Wildman–Crippen MR) is 133 cm³/mol. The number of aromatic hydroxyl groups is 1. The summed E-state index contributed by atoms with van der Waals surface area (Å²) in [6.45, 7) is 4.89. The molecule has 0 bridgehead atoms. The Morgan fingerprint density at radius 2 is 1.71 bits per heavy atom. The highest BCUT2D eigenvalue weighted by atomic mass is 35.5. The van der Waals surface area contributed by atoms with Gasteiger partial charge in [0.1, 0.15) is 22.9 Å². The van der Waals surface area contributed by atoms with Gasteiger partial charge in [-0.3, -0.25) is 9.69 Å². The Bertz CT molecular complexity index is 1410. The smallest absolute Gasteiger partial charge is 0.200 e. The summed E-state index contributed by atoms with van der Waals surface area (Å²) in [5.41, 5.74) is 2.66. The first-order chi connectivity index (χ1) is 16.4. The molecule has 0 amide bonds. The molecule has 1 N–H and O–H groups in total. The van der Waals surface area contributed by atoms with Crippen LogP contribution in [0.5, 0.6) is 5.75 Å². The minimum atomic E-state index is -0.226. The number of benzene rings is 3. The zero-order valence-corrected chi connectivity index (χ0v) is 19.5. The molecule has 1 aliphatic heterocycles. The lowest BCUT2D eigenvalue weighted by molar-refractivity contribution is 0.246. The van der Waals surface area contributed by atoms with Crippen LogP contribution >= 0.6 is 11.6 Å². The Hall–Kier alpha value is -3.35. The highest BCUT2D eigenvalue weighted by Gasteiger charge is 2.23. The number of piperazine rings is 1. The van der Waals surface area contributed by atoms with Crippen LogP contribution in [0.1, 0.15) is 11.3 Å². The molecule has 0 atom stereocenters. The Labute approximate surface area is 201 Å². The summed E-state index contributed by atoms with van der Waals surface area (Å²) in [5.74, 6) is 0.346. The number of rotatable bonds is 4. The normalized spacial score (nSPS) is 14.6. The second kappa shape index (κ2) is 9.12. The average molecular weight is 479 g/mol. The van der Waals surface area contributed by atoms with E-state index in [1.54, 1.807) is 55.5 Å². The number of aryl methyl sites for hydroxylation is 1. The first kappa shape index (κ1) is 22.4. The maximum absolute atomic E-state index is 14.2. The van der Waals surface area contributed by atoms with Gasteiger partial charge in [-0.15, -0.1) is 0 Å². The molecule has 3 aromatic carbocycles. The van der Waals surface area contributed by atoms with Gasteiger partial charge in [0.05, 0.1) is 22.2 Å². The zero-order valence-electron chi connectivity index (χ0n) is 18.7. The first-order valence-electron chi connectivity index (χ1n) is 11.2. The third-order valence-electron chi connectivity index (χ3n) is 6.39. The van der Waals surface area contributed by atoms with Crippen LogP contribution in [0.3, 0.4) is 0 Å². The molecule has 2 heterocycles. The standard InChI is InChI=1S/C27H24ClFN2O3/c1-17-25(18-6-8-19(28)9-7-18)26(33)20-10-11-24(32)21(27(20)34-17)16-30-12-14-31(15-13-30)23-5-3-2-4-22(23)29/h2-11,32H,12-16H2,1H3. The first-order valence-corrected chi connectivity index (χ1v) is 11.6. The van der Waals surface area contributed by atoms with Gasteiger partial charge in [0.15, 0.2) is 0 Å². The number of hydrogen-bond acceptors (Lipinski definition) is 5. The SMILES string of the molecule is Cc1oc2c(CN3CCN(c4ccccc4F)CC3)c(O)ccc2c(=O)c1-c1ccc(Cl)cc1. The van der Waals surface area contributed by atoms with E-state index in [9.17, 15) is 14.3 Å². The molecule has 0 saturated carbocycles. The summed E-state index contributed by atoms with van der Waals surface area (Å²) in [7, 11) is 0. The molecule has 174 valence electrons. The van der Waals surface area contributed by atoms with Crippen molar-refractivity contribution in [2.24, 2.45) is 0 Å². The lowest BCUT2D eigenvalue weighted by Crippen LogP contribution is -2.46. The van der Waals surface area contributed by atoms with E-state index in [0.29, 0.717) is 71.3 Å². The Morgan fingerprint density at radius 1 is 1.00 bits per heavy atom. The van der Waals surface area contributed by atoms with Gasteiger partial charge in [-0.05, 0) is 48.9 Å². The van der Waals surface area contributed by atoms with Gasteiger partial charge in [-0.25, -0.2) is 4.39 Å². The van der Waals surface area contributed by atoms with Crippen molar-refractivity contribution in [3.8, 4) is 16.9 Å². The Kier molecular flexibility index (Phi) is 6.02. The molecule has 0 spiro atoms. The number of halogens is 2. The second-order valence-electron chi connectivity index (χ2n) is 8.52. The van der Waals surface area contributed by atoms with E-state index in [4.69, 9.17) is 16.0 Å². The Morgan fingerprint density at radius 3 is 2.41 bits per heavy atom. The second-order valence-corrected chi connectivity index (χ2v) is 8.96. The van der Waals surface area contributed by atoms with Crippen molar-refractivity contribution in [2.45, 2.75) is 13.5 Å². The lowest BCUT2D eigenvalue weighted by atomic mass is 10.0. The molecule has 1 saturated heterocycles. The molecule has 0 aliphatic carbocycles. The minimum absolute atomic E-state index is 0.0887. The number of nitrogens with zero attached hydrogens (tertiary/aromatic N) is 2. The minimum Gasteiger partial charge on any atom is -0.507 e. The predicted octanol–water partition coefficient (Wildman–Crippen LogP) is 5.59. The Balaban J connectivity index is 1.44. The molecule has 34 heavy (non-hydrogen) atoms. The summed E-state index contributed by atoms with van der Waals surface area (Å²) in [6.07, 6.45) is 0. The van der Waals surface area contributed by atoms with Crippen LogP contribution in [0.25, 0.3) is 22.1 Å². The van der Waals surface area contributed by atoms with E-state index < -0.39 is 0 Å². The molecular formula is C27H24ClFN2O3. The van der Waals surface area contributed by atoms with Crippen molar-refractivity contribution < 1.29 is 13.9 Å². The number of phenolic OH excluding ortho intramolecular Hbond substituents is 1. The molecule has 0 radical (unpaired) electrons.